The van der Waals surface area contributed by atoms with Gasteiger partial charge in [0.05, 0.1) is 16.7 Å². The van der Waals surface area contributed by atoms with E-state index in [0.717, 1.165) is 4.90 Å². The summed E-state index contributed by atoms with van der Waals surface area (Å²) in [6.07, 6.45) is 0. The first kappa shape index (κ1) is 12.9. The maximum absolute atomic E-state index is 13.6. The summed E-state index contributed by atoms with van der Waals surface area (Å²) in [6.45, 7) is 0. The van der Waals surface area contributed by atoms with Gasteiger partial charge in [-0.25, -0.2) is 4.39 Å². The molecule has 2 aromatic carbocycles. The van der Waals surface area contributed by atoms with Gasteiger partial charge in [0.25, 0.3) is 0 Å². The molecule has 2 rings (SSSR count). The molecule has 0 saturated carbocycles. The van der Waals surface area contributed by atoms with Crippen molar-refractivity contribution < 1.29 is 4.39 Å². The Morgan fingerprint density at radius 3 is 2.67 bits per heavy atom. The number of halogens is 2. The van der Waals surface area contributed by atoms with Gasteiger partial charge in [0.2, 0.25) is 0 Å². The minimum absolute atomic E-state index is 0.332. The van der Waals surface area contributed by atoms with Gasteiger partial charge in [-0.1, -0.05) is 29.8 Å². The van der Waals surface area contributed by atoms with Gasteiger partial charge >= 0.3 is 0 Å². The van der Waals surface area contributed by atoms with Gasteiger partial charge in [0, 0.05) is 10.6 Å². The van der Waals surface area contributed by atoms with Gasteiger partial charge in [-0.15, -0.1) is 11.8 Å². The van der Waals surface area contributed by atoms with Crippen molar-refractivity contribution in [2.75, 3.05) is 0 Å². The van der Waals surface area contributed by atoms with Crippen molar-refractivity contribution in [1.29, 1.82) is 5.26 Å². The first-order valence-corrected chi connectivity index (χ1v) is 6.63. The highest BCUT2D eigenvalue weighted by atomic mass is 35.5. The quantitative estimate of drug-likeness (QED) is 0.763. The Hall–Kier alpha value is -1.50. The van der Waals surface area contributed by atoms with E-state index in [0.29, 0.717) is 21.9 Å². The second kappa shape index (κ2) is 5.90. The third-order valence-corrected chi connectivity index (χ3v) is 3.97. The number of hydrogen-bond acceptors (Lipinski definition) is 2. The average molecular weight is 278 g/mol. The number of benzene rings is 2. The fourth-order valence-electron chi connectivity index (χ4n) is 1.45. The largest absolute Gasteiger partial charge is 0.207 e. The lowest BCUT2D eigenvalue weighted by atomic mass is 10.1. The molecule has 0 radical (unpaired) electrons. The first-order chi connectivity index (χ1) is 8.70. The predicted octanol–water partition coefficient (Wildman–Crippen LogP) is 4.64. The smallest absolute Gasteiger partial charge is 0.128 e. The van der Waals surface area contributed by atoms with E-state index in [-0.39, 0.29) is 5.82 Å². The molecule has 0 saturated heterocycles. The van der Waals surface area contributed by atoms with Crippen molar-refractivity contribution in [3.8, 4) is 6.07 Å². The summed E-state index contributed by atoms with van der Waals surface area (Å²) in [6, 6.07) is 13.9. The zero-order valence-electron chi connectivity index (χ0n) is 9.36. The van der Waals surface area contributed by atoms with Gasteiger partial charge in [-0.2, -0.15) is 5.26 Å². The molecule has 0 unspecified atom stereocenters. The highest BCUT2D eigenvalue weighted by molar-refractivity contribution is 7.98. The molecule has 18 heavy (non-hydrogen) atoms. The van der Waals surface area contributed by atoms with E-state index >= 15 is 0 Å². The maximum Gasteiger partial charge on any atom is 0.128 e. The van der Waals surface area contributed by atoms with Crippen LogP contribution >= 0.6 is 23.4 Å². The molecular formula is C14H9ClFNS. The summed E-state index contributed by atoms with van der Waals surface area (Å²) in [5, 5.41) is 9.32. The van der Waals surface area contributed by atoms with Gasteiger partial charge in [-0.3, -0.25) is 0 Å². The third-order valence-electron chi connectivity index (χ3n) is 2.40. The fraction of sp³-hybridized carbons (Fsp3) is 0.0714. The summed E-state index contributed by atoms with van der Waals surface area (Å²) < 4.78 is 13.6. The molecular weight excluding hydrogens is 269 g/mol. The molecule has 0 N–H and O–H groups in total. The lowest BCUT2D eigenvalue weighted by Gasteiger charge is -2.05. The van der Waals surface area contributed by atoms with Crippen molar-refractivity contribution in [3.63, 3.8) is 0 Å². The Balaban J connectivity index is 2.12. The molecule has 2 aromatic rings. The van der Waals surface area contributed by atoms with E-state index < -0.39 is 0 Å². The molecule has 0 bridgehead atoms. The molecule has 0 aliphatic carbocycles. The Morgan fingerprint density at radius 1 is 1.22 bits per heavy atom. The number of hydrogen-bond donors (Lipinski definition) is 0. The fourth-order valence-corrected chi connectivity index (χ4v) is 2.68. The maximum atomic E-state index is 13.6. The monoisotopic (exact) mass is 277 g/mol. The van der Waals surface area contributed by atoms with Crippen molar-refractivity contribution in [2.45, 2.75) is 10.6 Å². The van der Waals surface area contributed by atoms with Crippen molar-refractivity contribution in [3.05, 3.63) is 64.4 Å². The predicted molar refractivity (Wildman–Crippen MR) is 72.1 cm³/mol. The van der Waals surface area contributed by atoms with Crippen LogP contribution in [-0.4, -0.2) is 0 Å². The van der Waals surface area contributed by atoms with E-state index in [4.69, 9.17) is 16.9 Å². The van der Waals surface area contributed by atoms with Crippen LogP contribution in [-0.2, 0) is 5.75 Å². The van der Waals surface area contributed by atoms with Gasteiger partial charge in [0.1, 0.15) is 5.82 Å². The topological polar surface area (TPSA) is 23.8 Å². The lowest BCUT2D eigenvalue weighted by molar-refractivity contribution is 0.617. The zero-order chi connectivity index (χ0) is 13.0. The molecule has 1 nitrogen and oxygen atoms in total. The number of nitrogens with zero attached hydrogens (tertiary/aromatic N) is 1. The van der Waals surface area contributed by atoms with Crippen molar-refractivity contribution in [2.24, 2.45) is 0 Å². The Labute approximate surface area is 114 Å². The Bertz CT molecular complexity index is 607. The van der Waals surface area contributed by atoms with Crippen LogP contribution in [0, 0.1) is 17.1 Å². The molecule has 0 heterocycles. The first-order valence-electron chi connectivity index (χ1n) is 5.26. The molecule has 4 heteroatoms. The highest BCUT2D eigenvalue weighted by Gasteiger charge is 2.06. The summed E-state index contributed by atoms with van der Waals surface area (Å²) in [5.74, 6) is 0.134. The number of thioether (sulfide) groups is 1. The van der Waals surface area contributed by atoms with Crippen LogP contribution < -0.4 is 0 Å². The van der Waals surface area contributed by atoms with Crippen molar-refractivity contribution in [1.82, 2.24) is 0 Å². The van der Waals surface area contributed by atoms with Crippen LogP contribution in [0.15, 0.2) is 47.4 Å². The van der Waals surface area contributed by atoms with Crippen molar-refractivity contribution >= 4 is 23.4 Å². The summed E-state index contributed by atoms with van der Waals surface area (Å²) in [7, 11) is 0. The third kappa shape index (κ3) is 3.04. The molecule has 0 aromatic heterocycles. The Morgan fingerprint density at radius 2 is 2.00 bits per heavy atom. The molecule has 0 fully saturated rings. The summed E-state index contributed by atoms with van der Waals surface area (Å²) in [5.41, 5.74) is 0.901. The van der Waals surface area contributed by atoms with Crippen LogP contribution in [0.1, 0.15) is 11.1 Å². The van der Waals surface area contributed by atoms with E-state index in [1.54, 1.807) is 18.2 Å². The van der Waals surface area contributed by atoms with Crippen LogP contribution in [0.25, 0.3) is 0 Å². The second-order valence-electron chi connectivity index (χ2n) is 3.64. The molecule has 0 aliphatic heterocycles. The number of nitriles is 1. The molecule has 0 aliphatic rings. The average Bonchev–Trinajstić information content (AvgIpc) is 2.39. The SMILES string of the molecule is N#Cc1ccc(CSc2ccccc2Cl)c(F)c1. The minimum Gasteiger partial charge on any atom is -0.207 e. The van der Waals surface area contributed by atoms with E-state index in [1.165, 1.54) is 17.8 Å². The zero-order valence-corrected chi connectivity index (χ0v) is 10.9. The van der Waals surface area contributed by atoms with E-state index in [2.05, 4.69) is 0 Å². The van der Waals surface area contributed by atoms with Crippen LogP contribution in [0.2, 0.25) is 5.02 Å². The highest BCUT2D eigenvalue weighted by Crippen LogP contribution is 2.30. The molecule has 0 spiro atoms. The van der Waals surface area contributed by atoms with Gasteiger partial charge in [-0.05, 0) is 29.8 Å². The van der Waals surface area contributed by atoms with Crippen LogP contribution in [0.3, 0.4) is 0 Å². The second-order valence-corrected chi connectivity index (χ2v) is 5.06. The van der Waals surface area contributed by atoms with Gasteiger partial charge in [0.15, 0.2) is 0 Å². The lowest BCUT2D eigenvalue weighted by Crippen LogP contribution is -1.89. The minimum atomic E-state index is -0.353. The standard InChI is InChI=1S/C14H9ClFNS/c15-12-3-1-2-4-14(12)18-9-11-6-5-10(8-17)7-13(11)16/h1-7H,9H2. The van der Waals surface area contributed by atoms with E-state index in [9.17, 15) is 4.39 Å². The summed E-state index contributed by atoms with van der Waals surface area (Å²) in [4.78, 5) is 0.919. The Kier molecular flexibility index (Phi) is 4.24. The van der Waals surface area contributed by atoms with Gasteiger partial charge < -0.3 is 0 Å². The van der Waals surface area contributed by atoms with Crippen LogP contribution in [0.5, 0.6) is 0 Å². The molecule has 0 atom stereocenters. The normalized spacial score (nSPS) is 10.1. The summed E-state index contributed by atoms with van der Waals surface area (Å²) >= 11 is 7.49. The van der Waals surface area contributed by atoms with E-state index in [1.807, 2.05) is 24.3 Å². The van der Waals surface area contributed by atoms with Crippen LogP contribution in [0.4, 0.5) is 4.39 Å². The molecule has 90 valence electrons. The molecule has 0 amide bonds. The number of rotatable bonds is 3.